The van der Waals surface area contributed by atoms with Crippen molar-refractivity contribution in [2.45, 2.75) is 19.9 Å². The number of aromatic nitrogens is 2. The zero-order chi connectivity index (χ0) is 21.1. The van der Waals surface area contributed by atoms with Crippen molar-refractivity contribution >= 4 is 17.6 Å². The number of carbonyl (C=O) groups excluding carboxylic acids is 1. The molecule has 3 aromatic rings. The maximum Gasteiger partial charge on any atom is 0.318 e. The number of benzene rings is 2. The van der Waals surface area contributed by atoms with Crippen molar-refractivity contribution in [2.75, 3.05) is 36.0 Å². The summed E-state index contributed by atoms with van der Waals surface area (Å²) in [6.45, 7) is 6.72. The van der Waals surface area contributed by atoms with Gasteiger partial charge in [-0.1, -0.05) is 22.8 Å². The molecule has 0 spiro atoms. The Bertz CT molecular complexity index is 1010. The highest BCUT2D eigenvalue weighted by molar-refractivity contribution is 5.94. The molecule has 1 aromatic heterocycles. The number of aryl methyl sites for hydroxylation is 1. The number of carbonyl (C=O) groups is 1. The van der Waals surface area contributed by atoms with Gasteiger partial charge in [0.2, 0.25) is 5.89 Å². The number of piperazine rings is 1. The Morgan fingerprint density at radius 2 is 1.77 bits per heavy atom. The summed E-state index contributed by atoms with van der Waals surface area (Å²) in [5.74, 6) is -0.0507. The van der Waals surface area contributed by atoms with E-state index in [0.717, 1.165) is 24.3 Å². The zero-order valence-corrected chi connectivity index (χ0v) is 17.0. The molecular formula is C22H24FN5O2. The molecule has 7 nitrogen and oxygen atoms in total. The van der Waals surface area contributed by atoms with Crippen LogP contribution in [0, 0.1) is 12.7 Å². The molecule has 4 rings (SSSR count). The Kier molecular flexibility index (Phi) is 5.65. The van der Waals surface area contributed by atoms with E-state index in [1.807, 2.05) is 36.9 Å². The third kappa shape index (κ3) is 4.42. The lowest BCUT2D eigenvalue weighted by Crippen LogP contribution is -2.46. The minimum absolute atomic E-state index is 0.182. The molecule has 1 amide bonds. The van der Waals surface area contributed by atoms with Gasteiger partial charge in [0.05, 0.1) is 0 Å². The fraction of sp³-hybridized carbons (Fsp3) is 0.318. The van der Waals surface area contributed by atoms with Gasteiger partial charge in [-0.05, 0) is 50.2 Å². The lowest BCUT2D eigenvalue weighted by atomic mass is 10.1. The van der Waals surface area contributed by atoms with Crippen LogP contribution in [0.15, 0.2) is 52.9 Å². The summed E-state index contributed by atoms with van der Waals surface area (Å²) in [6.07, 6.45) is 0. The maximum absolute atomic E-state index is 13.1. The molecule has 0 bridgehead atoms. The highest BCUT2D eigenvalue weighted by Gasteiger charge is 2.24. The second-order valence-corrected chi connectivity index (χ2v) is 7.44. The van der Waals surface area contributed by atoms with Crippen LogP contribution in [0.4, 0.5) is 16.1 Å². The van der Waals surface area contributed by atoms with E-state index in [1.165, 1.54) is 12.1 Å². The fourth-order valence-corrected chi connectivity index (χ4v) is 3.47. The first kappa shape index (κ1) is 19.9. The second-order valence-electron chi connectivity index (χ2n) is 7.44. The summed E-state index contributed by atoms with van der Waals surface area (Å²) in [5.41, 5.74) is 2.61. The van der Waals surface area contributed by atoms with Gasteiger partial charge in [-0.25, -0.2) is 4.39 Å². The van der Waals surface area contributed by atoms with Gasteiger partial charge in [0.25, 0.3) is 5.91 Å². The number of nitrogens with one attached hydrogen (secondary N) is 1. The van der Waals surface area contributed by atoms with Crippen LogP contribution < -0.4 is 15.1 Å². The molecule has 0 saturated carbocycles. The SMILES string of the molecule is Cc1cccc(C(=O)N[C@H](C)c2nnc(N3CCN(c4ccc(F)cc4)CC3)o2)c1. The van der Waals surface area contributed by atoms with Gasteiger partial charge in [-0.3, -0.25) is 4.79 Å². The van der Waals surface area contributed by atoms with Crippen LogP contribution in [0.3, 0.4) is 0 Å². The maximum atomic E-state index is 13.1. The van der Waals surface area contributed by atoms with Crippen LogP contribution in [-0.2, 0) is 0 Å². The number of halogens is 1. The first-order chi connectivity index (χ1) is 14.5. The molecule has 156 valence electrons. The lowest BCUT2D eigenvalue weighted by Gasteiger charge is -2.35. The van der Waals surface area contributed by atoms with Gasteiger partial charge in [0.1, 0.15) is 11.9 Å². The van der Waals surface area contributed by atoms with E-state index in [1.54, 1.807) is 18.2 Å². The predicted octanol–water partition coefficient (Wildman–Crippen LogP) is 3.33. The monoisotopic (exact) mass is 409 g/mol. The Labute approximate surface area is 174 Å². The fourth-order valence-electron chi connectivity index (χ4n) is 3.47. The molecule has 1 saturated heterocycles. The van der Waals surface area contributed by atoms with E-state index in [2.05, 4.69) is 20.4 Å². The third-order valence-corrected chi connectivity index (χ3v) is 5.17. The van der Waals surface area contributed by atoms with Crippen molar-refractivity contribution in [3.8, 4) is 0 Å². The van der Waals surface area contributed by atoms with Crippen LogP contribution in [0.5, 0.6) is 0 Å². The molecular weight excluding hydrogens is 385 g/mol. The van der Waals surface area contributed by atoms with Crippen molar-refractivity contribution in [3.05, 3.63) is 71.4 Å². The summed E-state index contributed by atoms with van der Waals surface area (Å²) in [7, 11) is 0. The number of hydrogen-bond donors (Lipinski definition) is 1. The average molecular weight is 409 g/mol. The molecule has 1 atom stereocenters. The van der Waals surface area contributed by atoms with Crippen LogP contribution in [0.25, 0.3) is 0 Å². The molecule has 0 unspecified atom stereocenters. The van der Waals surface area contributed by atoms with Gasteiger partial charge in [0.15, 0.2) is 0 Å². The summed E-state index contributed by atoms with van der Waals surface area (Å²) < 4.78 is 18.9. The van der Waals surface area contributed by atoms with Crippen molar-refractivity contribution in [2.24, 2.45) is 0 Å². The van der Waals surface area contributed by atoms with E-state index >= 15 is 0 Å². The summed E-state index contributed by atoms with van der Waals surface area (Å²) in [5, 5.41) is 11.2. The molecule has 1 fully saturated rings. The summed E-state index contributed by atoms with van der Waals surface area (Å²) >= 11 is 0. The number of hydrogen-bond acceptors (Lipinski definition) is 6. The van der Waals surface area contributed by atoms with Crippen molar-refractivity contribution in [3.63, 3.8) is 0 Å². The Balaban J connectivity index is 1.35. The van der Waals surface area contributed by atoms with Crippen LogP contribution >= 0.6 is 0 Å². The van der Waals surface area contributed by atoms with Crippen molar-refractivity contribution in [1.29, 1.82) is 0 Å². The predicted molar refractivity (Wildman–Crippen MR) is 112 cm³/mol. The molecule has 30 heavy (non-hydrogen) atoms. The lowest BCUT2D eigenvalue weighted by molar-refractivity contribution is 0.0934. The van der Waals surface area contributed by atoms with Crippen molar-refractivity contribution < 1.29 is 13.6 Å². The summed E-state index contributed by atoms with van der Waals surface area (Å²) in [6, 6.07) is 14.0. The molecule has 2 heterocycles. The van der Waals surface area contributed by atoms with E-state index in [-0.39, 0.29) is 11.7 Å². The first-order valence-corrected chi connectivity index (χ1v) is 9.96. The van der Waals surface area contributed by atoms with Crippen molar-refractivity contribution in [1.82, 2.24) is 15.5 Å². The Morgan fingerprint density at radius 3 is 2.47 bits per heavy atom. The van der Waals surface area contributed by atoms with Gasteiger partial charge in [-0.2, -0.15) is 0 Å². The van der Waals surface area contributed by atoms with Gasteiger partial charge in [0, 0.05) is 37.4 Å². The topological polar surface area (TPSA) is 74.5 Å². The van der Waals surface area contributed by atoms with Crippen LogP contribution in [0.1, 0.15) is 34.8 Å². The first-order valence-electron chi connectivity index (χ1n) is 9.96. The van der Waals surface area contributed by atoms with E-state index in [0.29, 0.717) is 30.6 Å². The molecule has 0 aliphatic carbocycles. The highest BCUT2D eigenvalue weighted by atomic mass is 19.1. The molecule has 1 N–H and O–H groups in total. The normalized spacial score (nSPS) is 15.2. The third-order valence-electron chi connectivity index (χ3n) is 5.17. The number of anilines is 2. The average Bonchev–Trinajstić information content (AvgIpc) is 3.25. The van der Waals surface area contributed by atoms with Gasteiger partial charge < -0.3 is 19.5 Å². The second kappa shape index (κ2) is 8.52. The van der Waals surface area contributed by atoms with E-state index in [4.69, 9.17) is 4.42 Å². The van der Waals surface area contributed by atoms with Gasteiger partial charge in [-0.15, -0.1) is 5.10 Å². The summed E-state index contributed by atoms with van der Waals surface area (Å²) in [4.78, 5) is 16.7. The number of amides is 1. The van der Waals surface area contributed by atoms with E-state index in [9.17, 15) is 9.18 Å². The molecule has 1 aliphatic rings. The molecule has 8 heteroatoms. The standard InChI is InChI=1S/C22H24FN5O2/c1-15-4-3-5-17(14-15)20(29)24-16(2)21-25-26-22(30-21)28-12-10-27(11-13-28)19-8-6-18(23)7-9-19/h3-9,14,16H,10-13H2,1-2H3,(H,24,29)/t16-/m1/s1. The molecule has 2 aromatic carbocycles. The number of rotatable bonds is 5. The highest BCUT2D eigenvalue weighted by Crippen LogP contribution is 2.22. The Morgan fingerprint density at radius 1 is 1.07 bits per heavy atom. The van der Waals surface area contributed by atoms with Gasteiger partial charge >= 0.3 is 6.01 Å². The largest absolute Gasteiger partial charge is 0.406 e. The minimum Gasteiger partial charge on any atom is -0.406 e. The van der Waals surface area contributed by atoms with E-state index < -0.39 is 6.04 Å². The number of nitrogens with zero attached hydrogens (tertiary/aromatic N) is 4. The minimum atomic E-state index is -0.403. The zero-order valence-electron chi connectivity index (χ0n) is 17.0. The molecule has 1 aliphatic heterocycles. The smallest absolute Gasteiger partial charge is 0.318 e. The Hall–Kier alpha value is -3.42. The quantitative estimate of drug-likeness (QED) is 0.697. The van der Waals surface area contributed by atoms with Crippen LogP contribution in [0.2, 0.25) is 0 Å². The molecule has 0 radical (unpaired) electrons. The van der Waals surface area contributed by atoms with Crippen LogP contribution in [-0.4, -0.2) is 42.3 Å².